The summed E-state index contributed by atoms with van der Waals surface area (Å²) in [6.07, 6.45) is 0. The predicted octanol–water partition coefficient (Wildman–Crippen LogP) is 2.33. The molecular formula is C18H24O4Si. The maximum atomic E-state index is 6.22. The number of rotatable bonds is 8. The molecule has 0 aliphatic heterocycles. The monoisotopic (exact) mass is 332 g/mol. The highest BCUT2D eigenvalue weighted by Crippen LogP contribution is 2.15. The van der Waals surface area contributed by atoms with Crippen molar-refractivity contribution in [1.82, 2.24) is 0 Å². The summed E-state index contributed by atoms with van der Waals surface area (Å²) in [7, 11) is 0.592. The summed E-state index contributed by atoms with van der Waals surface area (Å²) in [4.78, 5) is 0. The molecule has 0 aliphatic rings. The van der Waals surface area contributed by atoms with Gasteiger partial charge in [0, 0.05) is 13.2 Å². The highest BCUT2D eigenvalue weighted by atomic mass is 28.4. The van der Waals surface area contributed by atoms with Crippen LogP contribution in [-0.2, 0) is 8.85 Å². The smallest absolute Gasteiger partial charge is 0.407 e. The van der Waals surface area contributed by atoms with Crippen LogP contribution in [0.2, 0.25) is 0 Å². The van der Waals surface area contributed by atoms with E-state index in [0.717, 1.165) is 21.9 Å². The molecule has 5 heteroatoms. The van der Waals surface area contributed by atoms with Crippen LogP contribution in [0, 0.1) is 0 Å². The van der Waals surface area contributed by atoms with Gasteiger partial charge in [0.25, 0.3) is 0 Å². The molecule has 0 heterocycles. The van der Waals surface area contributed by atoms with Crippen molar-refractivity contribution in [2.45, 2.75) is 13.8 Å². The third-order valence-electron chi connectivity index (χ3n) is 3.64. The molecule has 0 radical (unpaired) electrons. The lowest BCUT2D eigenvalue weighted by Crippen LogP contribution is -2.63. The predicted molar refractivity (Wildman–Crippen MR) is 94.3 cm³/mol. The zero-order valence-electron chi connectivity index (χ0n) is 14.2. The Labute approximate surface area is 139 Å². The molecule has 0 amide bonds. The fraction of sp³-hybridized carbons (Fsp3) is 0.333. The Morgan fingerprint density at radius 3 is 1.26 bits per heavy atom. The normalized spacial score (nSPS) is 11.3. The molecule has 2 aromatic carbocycles. The van der Waals surface area contributed by atoms with Crippen LogP contribution in [0.15, 0.2) is 48.5 Å². The van der Waals surface area contributed by atoms with Crippen molar-refractivity contribution in [3.8, 4) is 11.5 Å². The zero-order valence-corrected chi connectivity index (χ0v) is 15.2. The maximum Gasteiger partial charge on any atom is 0.407 e. The van der Waals surface area contributed by atoms with Crippen LogP contribution in [0.4, 0.5) is 0 Å². The Balaban J connectivity index is 2.51. The van der Waals surface area contributed by atoms with Gasteiger partial charge in [-0.1, -0.05) is 24.3 Å². The molecule has 0 fully saturated rings. The first-order chi connectivity index (χ1) is 11.2. The van der Waals surface area contributed by atoms with Gasteiger partial charge < -0.3 is 18.3 Å². The molecule has 4 nitrogen and oxygen atoms in total. The van der Waals surface area contributed by atoms with Crippen molar-refractivity contribution in [2.75, 3.05) is 27.4 Å². The Morgan fingerprint density at radius 2 is 1.00 bits per heavy atom. The average Bonchev–Trinajstić information content (AvgIpc) is 2.61. The minimum Gasteiger partial charge on any atom is -0.497 e. The topological polar surface area (TPSA) is 36.9 Å². The lowest BCUT2D eigenvalue weighted by Gasteiger charge is -2.30. The second kappa shape index (κ2) is 8.15. The van der Waals surface area contributed by atoms with Gasteiger partial charge >= 0.3 is 8.56 Å². The molecule has 124 valence electrons. The minimum atomic E-state index is -2.73. The van der Waals surface area contributed by atoms with E-state index in [0.29, 0.717) is 13.2 Å². The Hall–Kier alpha value is -1.82. The standard InChI is InChI=1S/C18H24O4Si/c1-5-21-23(22-6-2,17-11-7-15(19-3)8-12-17)18-13-9-16(20-4)10-14-18/h7-14H,5-6H2,1-4H3. The minimum absolute atomic E-state index is 0.588. The molecule has 0 N–H and O–H groups in total. The van der Waals surface area contributed by atoms with Crippen LogP contribution in [0.1, 0.15) is 13.8 Å². The average molecular weight is 332 g/mol. The van der Waals surface area contributed by atoms with E-state index in [4.69, 9.17) is 18.3 Å². The van der Waals surface area contributed by atoms with Crippen molar-refractivity contribution in [3.63, 3.8) is 0 Å². The van der Waals surface area contributed by atoms with Gasteiger partial charge in [0.1, 0.15) is 11.5 Å². The second-order valence-corrected chi connectivity index (χ2v) is 7.90. The van der Waals surface area contributed by atoms with E-state index in [2.05, 4.69) is 0 Å². The molecule has 0 bridgehead atoms. The highest BCUT2D eigenvalue weighted by Gasteiger charge is 2.42. The van der Waals surface area contributed by atoms with Gasteiger partial charge in [0.15, 0.2) is 0 Å². The lowest BCUT2D eigenvalue weighted by molar-refractivity contribution is 0.208. The maximum absolute atomic E-state index is 6.22. The van der Waals surface area contributed by atoms with Crippen molar-refractivity contribution < 1.29 is 18.3 Å². The summed E-state index contributed by atoms with van der Waals surface area (Å²) < 4.78 is 23.0. The number of hydrogen-bond donors (Lipinski definition) is 0. The van der Waals surface area contributed by atoms with Gasteiger partial charge in [-0.25, -0.2) is 0 Å². The molecule has 0 aliphatic carbocycles. The molecule has 0 unspecified atom stereocenters. The molecule has 2 rings (SSSR count). The lowest BCUT2D eigenvalue weighted by atomic mass is 10.3. The van der Waals surface area contributed by atoms with Crippen molar-refractivity contribution in [3.05, 3.63) is 48.5 Å². The first kappa shape index (κ1) is 17.5. The van der Waals surface area contributed by atoms with Gasteiger partial charge in [0.2, 0.25) is 0 Å². The first-order valence-electron chi connectivity index (χ1n) is 7.77. The fourth-order valence-electron chi connectivity index (χ4n) is 2.57. The largest absolute Gasteiger partial charge is 0.497 e. The number of ether oxygens (including phenoxy) is 2. The van der Waals surface area contributed by atoms with Crippen LogP contribution >= 0.6 is 0 Å². The summed E-state index contributed by atoms with van der Waals surface area (Å²) in [5.41, 5.74) is 0. The van der Waals surface area contributed by atoms with Gasteiger partial charge in [-0.05, 0) is 48.5 Å². The van der Waals surface area contributed by atoms with E-state index in [1.54, 1.807) is 14.2 Å². The summed E-state index contributed by atoms with van der Waals surface area (Å²) >= 11 is 0. The molecular weight excluding hydrogens is 308 g/mol. The van der Waals surface area contributed by atoms with Crippen molar-refractivity contribution in [1.29, 1.82) is 0 Å². The second-order valence-electron chi connectivity index (χ2n) is 4.94. The number of hydrogen-bond acceptors (Lipinski definition) is 4. The van der Waals surface area contributed by atoms with E-state index < -0.39 is 8.56 Å². The van der Waals surface area contributed by atoms with Crippen LogP contribution < -0.4 is 19.8 Å². The molecule has 0 saturated heterocycles. The summed E-state index contributed by atoms with van der Waals surface area (Å²) in [6.45, 7) is 5.16. The third kappa shape index (κ3) is 3.75. The van der Waals surface area contributed by atoms with Gasteiger partial charge in [-0.3, -0.25) is 0 Å². The molecule has 0 aromatic heterocycles. The van der Waals surface area contributed by atoms with Crippen LogP contribution in [0.3, 0.4) is 0 Å². The molecule has 0 saturated carbocycles. The van der Waals surface area contributed by atoms with E-state index in [1.165, 1.54) is 0 Å². The van der Waals surface area contributed by atoms with E-state index in [-0.39, 0.29) is 0 Å². The van der Waals surface area contributed by atoms with E-state index in [1.807, 2.05) is 62.4 Å². The quantitative estimate of drug-likeness (QED) is 0.695. The fourth-order valence-corrected chi connectivity index (χ4v) is 5.68. The Kier molecular flexibility index (Phi) is 6.21. The summed E-state index contributed by atoms with van der Waals surface area (Å²) in [6, 6.07) is 15.9. The van der Waals surface area contributed by atoms with Crippen LogP contribution in [-0.4, -0.2) is 36.0 Å². The van der Waals surface area contributed by atoms with Gasteiger partial charge in [-0.15, -0.1) is 0 Å². The molecule has 2 aromatic rings. The summed E-state index contributed by atoms with van der Waals surface area (Å²) in [5.74, 6) is 1.64. The number of benzene rings is 2. The first-order valence-corrected chi connectivity index (χ1v) is 9.58. The SMILES string of the molecule is CCO[Si](OCC)(c1ccc(OC)cc1)c1ccc(OC)cc1. The number of methoxy groups -OCH3 is 2. The Bertz CT molecular complexity index is 540. The van der Waals surface area contributed by atoms with Crippen molar-refractivity contribution >= 4 is 18.9 Å². The van der Waals surface area contributed by atoms with E-state index in [9.17, 15) is 0 Å². The van der Waals surface area contributed by atoms with Gasteiger partial charge in [-0.2, -0.15) is 0 Å². The summed E-state index contributed by atoms with van der Waals surface area (Å²) in [5, 5.41) is 2.12. The Morgan fingerprint density at radius 1 is 0.652 bits per heavy atom. The highest BCUT2D eigenvalue weighted by molar-refractivity contribution is 6.92. The van der Waals surface area contributed by atoms with Crippen LogP contribution in [0.5, 0.6) is 11.5 Å². The van der Waals surface area contributed by atoms with E-state index >= 15 is 0 Å². The van der Waals surface area contributed by atoms with Crippen molar-refractivity contribution in [2.24, 2.45) is 0 Å². The molecule has 0 spiro atoms. The van der Waals surface area contributed by atoms with Crippen LogP contribution in [0.25, 0.3) is 0 Å². The third-order valence-corrected chi connectivity index (χ3v) is 7.21. The molecule has 23 heavy (non-hydrogen) atoms. The van der Waals surface area contributed by atoms with Gasteiger partial charge in [0.05, 0.1) is 14.2 Å². The molecule has 0 atom stereocenters. The zero-order chi connectivity index (χ0) is 16.7.